The first-order valence-corrected chi connectivity index (χ1v) is 6.76. The second-order valence-electron chi connectivity index (χ2n) is 4.52. The molecule has 0 aromatic heterocycles. The molecule has 23 heavy (non-hydrogen) atoms. The number of hydrogen-bond acceptors (Lipinski definition) is 5. The summed E-state index contributed by atoms with van der Waals surface area (Å²) in [6.07, 6.45) is 1.74. The van der Waals surface area contributed by atoms with Crippen LogP contribution in [0.5, 0.6) is 17.2 Å². The maximum Gasteiger partial charge on any atom is 0.298 e. The summed E-state index contributed by atoms with van der Waals surface area (Å²) in [6.45, 7) is 0.370. The van der Waals surface area contributed by atoms with Crippen LogP contribution in [0.1, 0.15) is 11.1 Å². The Hall–Kier alpha value is -3.26. The molecule has 2 aromatic carbocycles. The molecule has 0 aliphatic heterocycles. The molecule has 2 aromatic rings. The Morgan fingerprint density at radius 3 is 2.30 bits per heavy atom. The van der Waals surface area contributed by atoms with Gasteiger partial charge in [0.1, 0.15) is 5.75 Å². The number of methoxy groups -OCH3 is 2. The van der Waals surface area contributed by atoms with Crippen molar-refractivity contribution in [1.29, 1.82) is 5.26 Å². The Bertz CT molecular complexity index is 758. The normalized spacial score (nSPS) is 10.6. The lowest BCUT2D eigenvalue weighted by Crippen LogP contribution is -1.92. The van der Waals surface area contributed by atoms with Crippen molar-refractivity contribution in [3.05, 3.63) is 53.6 Å². The number of nitriles is 1. The number of carbonyl (C=O) groups excluding carboxylic acids is 1. The van der Waals surface area contributed by atoms with Gasteiger partial charge in [-0.05, 0) is 47.5 Å². The minimum Gasteiger partial charge on any atom is -0.493 e. The van der Waals surface area contributed by atoms with Crippen LogP contribution in [0.4, 0.5) is 0 Å². The minimum atomic E-state index is 0.370. The molecule has 0 saturated heterocycles. The summed E-state index contributed by atoms with van der Waals surface area (Å²) in [5.41, 5.74) is 2.02. The summed E-state index contributed by atoms with van der Waals surface area (Å²) in [7, 11) is 3.10. The predicted octanol–water partition coefficient (Wildman–Crippen LogP) is 3.30. The first-order valence-electron chi connectivity index (χ1n) is 6.76. The fraction of sp³-hybridized carbons (Fsp3) is 0.111. The Kier molecular flexibility index (Phi) is 5.37. The first-order chi connectivity index (χ1) is 11.2. The second kappa shape index (κ2) is 7.66. The van der Waals surface area contributed by atoms with Crippen molar-refractivity contribution < 1.29 is 19.0 Å². The van der Waals surface area contributed by atoms with Crippen molar-refractivity contribution in [2.75, 3.05) is 14.2 Å². The van der Waals surface area contributed by atoms with Crippen molar-refractivity contribution in [2.45, 2.75) is 0 Å². The zero-order valence-electron chi connectivity index (χ0n) is 12.8. The van der Waals surface area contributed by atoms with Gasteiger partial charge < -0.3 is 14.2 Å². The summed E-state index contributed by atoms with van der Waals surface area (Å²) in [4.78, 5) is 10.3. The van der Waals surface area contributed by atoms with Crippen LogP contribution in [-0.4, -0.2) is 20.7 Å². The third-order valence-corrected chi connectivity index (χ3v) is 3.19. The number of ether oxygens (including phenoxy) is 3. The fourth-order valence-corrected chi connectivity index (χ4v) is 2.05. The molecule has 0 saturated carbocycles. The maximum absolute atomic E-state index is 10.3. The third kappa shape index (κ3) is 3.89. The van der Waals surface area contributed by atoms with E-state index in [1.54, 1.807) is 62.8 Å². The van der Waals surface area contributed by atoms with E-state index in [1.807, 2.05) is 0 Å². The van der Waals surface area contributed by atoms with E-state index in [0.29, 0.717) is 29.3 Å². The molecule has 0 amide bonds. The lowest BCUT2D eigenvalue weighted by molar-refractivity contribution is -0.120. The number of rotatable bonds is 6. The zero-order valence-corrected chi connectivity index (χ0v) is 12.8. The van der Waals surface area contributed by atoms with E-state index < -0.39 is 0 Å². The minimum absolute atomic E-state index is 0.370. The molecule has 0 radical (unpaired) electrons. The molecule has 0 heterocycles. The molecular formula is C18H15NO4. The Morgan fingerprint density at radius 1 is 1.04 bits per heavy atom. The van der Waals surface area contributed by atoms with Crippen molar-refractivity contribution in [3.63, 3.8) is 0 Å². The molecule has 0 aliphatic rings. The predicted molar refractivity (Wildman–Crippen MR) is 86.2 cm³/mol. The quantitative estimate of drug-likeness (QED) is 0.465. The molecule has 0 spiro atoms. The summed E-state index contributed by atoms with van der Waals surface area (Å²) in [5, 5.41) is 9.41. The van der Waals surface area contributed by atoms with Gasteiger partial charge in [-0.25, -0.2) is 0 Å². The highest BCUT2D eigenvalue weighted by Crippen LogP contribution is 2.31. The molecular weight excluding hydrogens is 294 g/mol. The molecule has 0 bridgehead atoms. The maximum atomic E-state index is 10.3. The van der Waals surface area contributed by atoms with Crippen LogP contribution in [0.3, 0.4) is 0 Å². The molecule has 0 atom stereocenters. The van der Waals surface area contributed by atoms with Gasteiger partial charge in [0, 0.05) is 0 Å². The van der Waals surface area contributed by atoms with Gasteiger partial charge in [0.05, 0.1) is 25.9 Å². The molecule has 0 N–H and O–H groups in total. The lowest BCUT2D eigenvalue weighted by atomic mass is 10.0. The Labute approximate surface area is 134 Å². The average molecular weight is 309 g/mol. The van der Waals surface area contributed by atoms with Crippen molar-refractivity contribution in [3.8, 4) is 23.3 Å². The molecule has 0 fully saturated rings. The van der Waals surface area contributed by atoms with Crippen molar-refractivity contribution in [2.24, 2.45) is 0 Å². The highest BCUT2D eigenvalue weighted by molar-refractivity contribution is 5.90. The largest absolute Gasteiger partial charge is 0.493 e. The van der Waals surface area contributed by atoms with Gasteiger partial charge in [0.2, 0.25) is 0 Å². The number of carbonyl (C=O) groups is 1. The average Bonchev–Trinajstić information content (AvgIpc) is 2.60. The van der Waals surface area contributed by atoms with E-state index in [2.05, 4.69) is 6.07 Å². The topological polar surface area (TPSA) is 68.5 Å². The summed E-state index contributed by atoms with van der Waals surface area (Å²) >= 11 is 0. The standard InChI is InChI=1S/C18H15NO4/c1-21-17-8-5-14(10-18(17)22-2)15(11-19)9-13-3-6-16(7-4-13)23-12-20/h3-10,12H,1-2H3. The van der Waals surface area contributed by atoms with E-state index in [9.17, 15) is 10.1 Å². The van der Waals surface area contributed by atoms with E-state index >= 15 is 0 Å². The van der Waals surface area contributed by atoms with Crippen molar-refractivity contribution >= 4 is 18.1 Å². The van der Waals surface area contributed by atoms with Gasteiger partial charge in [-0.1, -0.05) is 12.1 Å². The Morgan fingerprint density at radius 2 is 1.74 bits per heavy atom. The van der Waals surface area contributed by atoms with Gasteiger partial charge >= 0.3 is 0 Å². The first kappa shape index (κ1) is 16.1. The van der Waals surface area contributed by atoms with E-state index in [0.717, 1.165) is 11.1 Å². The zero-order chi connectivity index (χ0) is 16.7. The molecule has 2 rings (SSSR count). The van der Waals surface area contributed by atoms with Crippen LogP contribution < -0.4 is 14.2 Å². The Balaban J connectivity index is 2.35. The van der Waals surface area contributed by atoms with Crippen LogP contribution in [0, 0.1) is 11.3 Å². The third-order valence-electron chi connectivity index (χ3n) is 3.19. The van der Waals surface area contributed by atoms with E-state index in [-0.39, 0.29) is 0 Å². The number of allylic oxidation sites excluding steroid dienone is 1. The van der Waals surface area contributed by atoms with Gasteiger partial charge in [-0.2, -0.15) is 5.26 Å². The molecule has 116 valence electrons. The number of nitrogens with zero attached hydrogens (tertiary/aromatic N) is 1. The van der Waals surface area contributed by atoms with Gasteiger partial charge in [-0.15, -0.1) is 0 Å². The van der Waals surface area contributed by atoms with Crippen LogP contribution in [0.15, 0.2) is 42.5 Å². The van der Waals surface area contributed by atoms with Gasteiger partial charge in [-0.3, -0.25) is 4.79 Å². The van der Waals surface area contributed by atoms with E-state index in [1.165, 1.54) is 0 Å². The highest BCUT2D eigenvalue weighted by Gasteiger charge is 2.08. The lowest BCUT2D eigenvalue weighted by Gasteiger charge is -2.09. The summed E-state index contributed by atoms with van der Waals surface area (Å²) < 4.78 is 15.2. The van der Waals surface area contributed by atoms with E-state index in [4.69, 9.17) is 14.2 Å². The van der Waals surface area contributed by atoms with Crippen molar-refractivity contribution in [1.82, 2.24) is 0 Å². The summed E-state index contributed by atoms with van der Waals surface area (Å²) in [6, 6.07) is 14.3. The molecule has 0 aliphatic carbocycles. The SMILES string of the molecule is COc1ccc(C(C#N)=Cc2ccc(OC=O)cc2)cc1OC. The molecule has 0 unspecified atom stereocenters. The fourth-order valence-electron chi connectivity index (χ4n) is 2.05. The highest BCUT2D eigenvalue weighted by atomic mass is 16.5. The number of hydrogen-bond donors (Lipinski definition) is 0. The monoisotopic (exact) mass is 309 g/mol. The summed E-state index contributed by atoms with van der Waals surface area (Å²) in [5.74, 6) is 1.60. The van der Waals surface area contributed by atoms with Gasteiger partial charge in [0.25, 0.3) is 6.47 Å². The molecule has 5 nitrogen and oxygen atoms in total. The van der Waals surface area contributed by atoms with Crippen LogP contribution in [0.2, 0.25) is 0 Å². The molecule has 5 heteroatoms. The second-order valence-corrected chi connectivity index (χ2v) is 4.52. The van der Waals surface area contributed by atoms with Crippen LogP contribution in [-0.2, 0) is 4.79 Å². The number of benzene rings is 2. The van der Waals surface area contributed by atoms with Gasteiger partial charge in [0.15, 0.2) is 11.5 Å². The van der Waals surface area contributed by atoms with Crippen LogP contribution in [0.25, 0.3) is 11.6 Å². The smallest absolute Gasteiger partial charge is 0.298 e. The van der Waals surface area contributed by atoms with Crippen LogP contribution >= 0.6 is 0 Å².